The molecule has 0 aliphatic heterocycles. The lowest BCUT2D eigenvalue weighted by Crippen LogP contribution is -2.42. The number of hydrogen-bond donors (Lipinski definition) is 0. The molecule has 0 aromatic heterocycles. The van der Waals surface area contributed by atoms with Crippen molar-refractivity contribution in [2.24, 2.45) is 0 Å². The van der Waals surface area contributed by atoms with Gasteiger partial charge in [0.15, 0.2) is 0 Å². The Morgan fingerprint density at radius 2 is 2.14 bits per heavy atom. The Kier molecular flexibility index (Phi) is 4.58. The van der Waals surface area contributed by atoms with Gasteiger partial charge in [-0.3, -0.25) is 4.79 Å². The number of halogens is 3. The Morgan fingerprint density at radius 1 is 1.41 bits per heavy atom. The van der Waals surface area contributed by atoms with Gasteiger partial charge in [0.05, 0.1) is 12.0 Å². The van der Waals surface area contributed by atoms with Crippen LogP contribution in [0.3, 0.4) is 0 Å². The first-order valence-corrected chi connectivity index (χ1v) is 7.16. The van der Waals surface area contributed by atoms with Crippen LogP contribution in [0, 0.1) is 5.82 Å². The SMILES string of the molecule is CCOC(=O)C(F)(F)CC1(c2cccc(F)c2)CCCC1=O. The molecule has 120 valence electrons. The van der Waals surface area contributed by atoms with E-state index in [4.69, 9.17) is 0 Å². The molecule has 1 saturated carbocycles. The van der Waals surface area contributed by atoms with E-state index in [1.165, 1.54) is 25.1 Å². The van der Waals surface area contributed by atoms with Crippen LogP contribution in [0.25, 0.3) is 0 Å². The van der Waals surface area contributed by atoms with Gasteiger partial charge < -0.3 is 4.74 Å². The van der Waals surface area contributed by atoms with Crippen LogP contribution in [-0.4, -0.2) is 24.3 Å². The van der Waals surface area contributed by atoms with Crippen LogP contribution in [0.4, 0.5) is 13.2 Å². The molecule has 0 N–H and O–H groups in total. The molecule has 2 rings (SSSR count). The highest BCUT2D eigenvalue weighted by Crippen LogP contribution is 2.46. The topological polar surface area (TPSA) is 43.4 Å². The van der Waals surface area contributed by atoms with Crippen LogP contribution in [0.5, 0.6) is 0 Å². The Hall–Kier alpha value is -1.85. The van der Waals surface area contributed by atoms with E-state index in [9.17, 15) is 22.8 Å². The molecule has 1 unspecified atom stereocenters. The first kappa shape index (κ1) is 16.5. The summed E-state index contributed by atoms with van der Waals surface area (Å²) < 4.78 is 46.1. The van der Waals surface area contributed by atoms with E-state index in [0.29, 0.717) is 6.42 Å². The summed E-state index contributed by atoms with van der Waals surface area (Å²) in [6, 6.07) is 5.10. The van der Waals surface area contributed by atoms with Gasteiger partial charge in [-0.25, -0.2) is 9.18 Å². The number of alkyl halides is 2. The van der Waals surface area contributed by atoms with Gasteiger partial charge in [0, 0.05) is 12.8 Å². The second-order valence-corrected chi connectivity index (χ2v) is 5.47. The molecule has 22 heavy (non-hydrogen) atoms. The lowest BCUT2D eigenvalue weighted by Gasteiger charge is -2.31. The van der Waals surface area contributed by atoms with E-state index >= 15 is 0 Å². The van der Waals surface area contributed by atoms with E-state index in [-0.39, 0.29) is 30.8 Å². The monoisotopic (exact) mass is 314 g/mol. The van der Waals surface area contributed by atoms with Crippen molar-refractivity contribution in [3.8, 4) is 0 Å². The molecule has 1 aromatic carbocycles. The fraction of sp³-hybridized carbons (Fsp3) is 0.500. The fourth-order valence-electron chi connectivity index (χ4n) is 3.00. The summed E-state index contributed by atoms with van der Waals surface area (Å²) in [6.07, 6.45) is -0.227. The number of esters is 1. The highest BCUT2D eigenvalue weighted by Gasteiger charge is 2.54. The third-order valence-electron chi connectivity index (χ3n) is 4.02. The van der Waals surface area contributed by atoms with Gasteiger partial charge in [0.1, 0.15) is 11.6 Å². The van der Waals surface area contributed by atoms with Gasteiger partial charge in [-0.1, -0.05) is 12.1 Å². The largest absolute Gasteiger partial charge is 0.462 e. The summed E-state index contributed by atoms with van der Waals surface area (Å²) >= 11 is 0. The number of carbonyl (C=O) groups is 2. The maximum atomic E-state index is 14.1. The van der Waals surface area contributed by atoms with Crippen molar-refractivity contribution in [3.63, 3.8) is 0 Å². The minimum atomic E-state index is -3.79. The van der Waals surface area contributed by atoms with Gasteiger partial charge in [0.2, 0.25) is 0 Å². The molecule has 1 fully saturated rings. The molecule has 0 amide bonds. The fourth-order valence-corrected chi connectivity index (χ4v) is 3.00. The van der Waals surface area contributed by atoms with E-state index in [1.807, 2.05) is 0 Å². The number of carbonyl (C=O) groups excluding carboxylic acids is 2. The van der Waals surface area contributed by atoms with E-state index < -0.39 is 29.5 Å². The zero-order valence-corrected chi connectivity index (χ0v) is 12.2. The molecular weight excluding hydrogens is 297 g/mol. The Bertz CT molecular complexity index is 586. The van der Waals surface area contributed by atoms with Crippen molar-refractivity contribution in [1.82, 2.24) is 0 Å². The molecular formula is C16H17F3O3. The Morgan fingerprint density at radius 3 is 2.68 bits per heavy atom. The van der Waals surface area contributed by atoms with Crippen LogP contribution in [0.15, 0.2) is 24.3 Å². The van der Waals surface area contributed by atoms with E-state index in [2.05, 4.69) is 4.74 Å². The maximum Gasteiger partial charge on any atom is 0.377 e. The summed E-state index contributed by atoms with van der Waals surface area (Å²) in [6.45, 7) is 1.26. The van der Waals surface area contributed by atoms with Crippen molar-refractivity contribution in [2.45, 2.75) is 43.9 Å². The number of ether oxygens (including phenoxy) is 1. The quantitative estimate of drug-likeness (QED) is 0.782. The summed E-state index contributed by atoms with van der Waals surface area (Å²) in [4.78, 5) is 23.7. The summed E-state index contributed by atoms with van der Waals surface area (Å²) in [5.74, 6) is -6.42. The second-order valence-electron chi connectivity index (χ2n) is 5.47. The molecule has 0 heterocycles. The van der Waals surface area contributed by atoms with Gasteiger partial charge in [-0.2, -0.15) is 8.78 Å². The molecule has 6 heteroatoms. The smallest absolute Gasteiger partial charge is 0.377 e. The zero-order valence-electron chi connectivity index (χ0n) is 12.2. The second kappa shape index (κ2) is 6.10. The van der Waals surface area contributed by atoms with Crippen molar-refractivity contribution in [1.29, 1.82) is 0 Å². The van der Waals surface area contributed by atoms with Crippen molar-refractivity contribution in [3.05, 3.63) is 35.6 Å². The predicted octanol–water partition coefficient (Wildman–Crippen LogP) is 3.41. The lowest BCUT2D eigenvalue weighted by molar-refractivity contribution is -0.174. The van der Waals surface area contributed by atoms with E-state index in [0.717, 1.165) is 6.07 Å². The summed E-state index contributed by atoms with van der Waals surface area (Å²) in [5, 5.41) is 0. The minimum absolute atomic E-state index is 0.148. The van der Waals surface area contributed by atoms with Crippen LogP contribution >= 0.6 is 0 Å². The van der Waals surface area contributed by atoms with Crippen LogP contribution in [0.2, 0.25) is 0 Å². The molecule has 0 radical (unpaired) electrons. The molecule has 0 bridgehead atoms. The third kappa shape index (κ3) is 3.00. The summed E-state index contributed by atoms with van der Waals surface area (Å²) in [5.41, 5.74) is -1.34. The molecule has 1 atom stereocenters. The van der Waals surface area contributed by atoms with Crippen LogP contribution in [0.1, 0.15) is 38.2 Å². The highest BCUT2D eigenvalue weighted by molar-refractivity contribution is 5.93. The number of rotatable bonds is 5. The number of hydrogen-bond acceptors (Lipinski definition) is 3. The van der Waals surface area contributed by atoms with Crippen molar-refractivity contribution < 1.29 is 27.5 Å². The Balaban J connectivity index is 2.40. The average Bonchev–Trinajstić information content (AvgIpc) is 2.81. The third-order valence-corrected chi connectivity index (χ3v) is 4.02. The number of ketones is 1. The number of benzene rings is 1. The molecule has 3 nitrogen and oxygen atoms in total. The number of Topliss-reactive ketones (excluding diaryl/α,β-unsaturated/α-hetero) is 1. The normalized spacial score (nSPS) is 21.9. The van der Waals surface area contributed by atoms with Crippen molar-refractivity contribution in [2.75, 3.05) is 6.61 Å². The molecule has 0 saturated heterocycles. The van der Waals surface area contributed by atoms with Gasteiger partial charge in [-0.15, -0.1) is 0 Å². The molecule has 0 spiro atoms. The first-order chi connectivity index (χ1) is 10.3. The summed E-state index contributed by atoms with van der Waals surface area (Å²) in [7, 11) is 0. The predicted molar refractivity (Wildman–Crippen MR) is 73.1 cm³/mol. The standard InChI is InChI=1S/C16H17F3O3/c1-2-22-14(21)16(18,19)10-15(8-4-7-13(15)20)11-5-3-6-12(17)9-11/h3,5-6,9H,2,4,7-8,10H2,1H3. The molecule has 1 aromatic rings. The zero-order chi connectivity index (χ0) is 16.4. The van der Waals surface area contributed by atoms with Crippen LogP contribution < -0.4 is 0 Å². The molecule has 1 aliphatic carbocycles. The van der Waals surface area contributed by atoms with Crippen molar-refractivity contribution >= 4 is 11.8 Å². The molecule has 1 aliphatic rings. The van der Waals surface area contributed by atoms with E-state index in [1.54, 1.807) is 0 Å². The lowest BCUT2D eigenvalue weighted by atomic mass is 9.73. The minimum Gasteiger partial charge on any atom is -0.462 e. The first-order valence-electron chi connectivity index (χ1n) is 7.16. The van der Waals surface area contributed by atoms with Crippen LogP contribution in [-0.2, 0) is 19.7 Å². The van der Waals surface area contributed by atoms with Gasteiger partial charge in [-0.05, 0) is 37.5 Å². The average molecular weight is 314 g/mol. The van der Waals surface area contributed by atoms with Gasteiger partial charge in [0.25, 0.3) is 0 Å². The van der Waals surface area contributed by atoms with Gasteiger partial charge >= 0.3 is 11.9 Å². The highest BCUT2D eigenvalue weighted by atomic mass is 19.3. The Labute approximate surface area is 126 Å². The maximum absolute atomic E-state index is 14.1.